The first-order valence-electron chi connectivity index (χ1n) is 16.5. The predicted molar refractivity (Wildman–Crippen MR) is 179 cm³/mol. The zero-order valence-electron chi connectivity index (χ0n) is 25.7. The number of hydrogen-bond donors (Lipinski definition) is 0. The van der Waals surface area contributed by atoms with E-state index in [1.807, 2.05) is 0 Å². The molecule has 1 saturated heterocycles. The van der Waals surface area contributed by atoms with E-state index in [4.69, 9.17) is 0 Å². The highest BCUT2D eigenvalue weighted by Gasteiger charge is 2.32. The topological polar surface area (TPSA) is 27.0 Å². The van der Waals surface area contributed by atoms with Gasteiger partial charge in [0.2, 0.25) is 0 Å². The van der Waals surface area contributed by atoms with Gasteiger partial charge in [0.1, 0.15) is 0 Å². The highest BCUT2D eigenvalue weighted by molar-refractivity contribution is 5.94. The molecule has 1 unspecified atom stereocenters. The first-order valence-corrected chi connectivity index (χ1v) is 16.5. The van der Waals surface area contributed by atoms with Gasteiger partial charge in [-0.2, -0.15) is 5.26 Å². The minimum atomic E-state index is -0.367. The third-order valence-corrected chi connectivity index (χ3v) is 9.54. The molecule has 0 radical (unpaired) electrons. The summed E-state index contributed by atoms with van der Waals surface area (Å²) < 4.78 is 0. The fourth-order valence-electron chi connectivity index (χ4n) is 7.08. The summed E-state index contributed by atoms with van der Waals surface area (Å²) in [4.78, 5) is 2.64. The van der Waals surface area contributed by atoms with E-state index in [1.165, 1.54) is 71.9 Å². The number of hydrogen-bond acceptors (Lipinski definition) is 2. The average Bonchev–Trinajstić information content (AvgIpc) is 3.21. The molecule has 3 aromatic rings. The van der Waals surface area contributed by atoms with Gasteiger partial charge in [0.15, 0.2) is 0 Å². The van der Waals surface area contributed by atoms with Gasteiger partial charge in [0, 0.05) is 13.1 Å². The van der Waals surface area contributed by atoms with Crippen LogP contribution in [0.25, 0.3) is 17.7 Å². The Labute approximate surface area is 254 Å². The lowest BCUT2D eigenvalue weighted by atomic mass is 9.74. The molecular formula is C40H48N2. The van der Waals surface area contributed by atoms with Crippen molar-refractivity contribution in [2.24, 2.45) is 0 Å². The van der Waals surface area contributed by atoms with E-state index in [1.54, 1.807) is 5.57 Å². The summed E-state index contributed by atoms with van der Waals surface area (Å²) in [6.07, 6.45) is 18.8. The molecule has 1 atom stereocenters. The van der Waals surface area contributed by atoms with Gasteiger partial charge >= 0.3 is 0 Å². The van der Waals surface area contributed by atoms with Crippen molar-refractivity contribution in [3.8, 4) is 6.07 Å². The van der Waals surface area contributed by atoms with Crippen molar-refractivity contribution < 1.29 is 0 Å². The Hall–Kier alpha value is -3.41. The Morgan fingerprint density at radius 1 is 0.667 bits per heavy atom. The summed E-state index contributed by atoms with van der Waals surface area (Å²) >= 11 is 0. The number of nitrogens with zero attached hydrogens (tertiary/aromatic N) is 2. The van der Waals surface area contributed by atoms with Gasteiger partial charge in [-0.25, -0.2) is 0 Å². The van der Waals surface area contributed by atoms with Crippen molar-refractivity contribution in [1.29, 1.82) is 5.26 Å². The molecule has 3 aromatic carbocycles. The van der Waals surface area contributed by atoms with Crippen LogP contribution < -0.4 is 0 Å². The lowest BCUT2D eigenvalue weighted by molar-refractivity contribution is 0.243. The fourth-order valence-corrected chi connectivity index (χ4v) is 7.08. The van der Waals surface area contributed by atoms with Gasteiger partial charge in [0.05, 0.1) is 11.5 Å². The summed E-state index contributed by atoms with van der Waals surface area (Å²) in [6.45, 7) is 5.54. The second kappa shape index (κ2) is 15.2. The molecule has 0 saturated carbocycles. The Bertz CT molecular complexity index is 1330. The summed E-state index contributed by atoms with van der Waals surface area (Å²) in [6, 6.07) is 31.2. The van der Waals surface area contributed by atoms with Crippen LogP contribution in [0.1, 0.15) is 112 Å². The van der Waals surface area contributed by atoms with Gasteiger partial charge in [-0.15, -0.1) is 0 Å². The third-order valence-electron chi connectivity index (χ3n) is 9.54. The first-order chi connectivity index (χ1) is 20.7. The van der Waals surface area contributed by atoms with Gasteiger partial charge < -0.3 is 4.90 Å². The Morgan fingerprint density at radius 3 is 1.83 bits per heavy atom. The van der Waals surface area contributed by atoms with Gasteiger partial charge in [-0.3, -0.25) is 0 Å². The normalized spacial score (nSPS) is 16.3. The second-order valence-corrected chi connectivity index (χ2v) is 12.4. The molecule has 0 amide bonds. The van der Waals surface area contributed by atoms with Crippen LogP contribution in [0.3, 0.4) is 0 Å². The molecule has 218 valence electrons. The SMILES string of the molecule is CCCCCCCCCC(C#N)(CCCN1CCC(=C2c3ccccc3C=Cc3ccccc32)CC1)c1ccccc1. The van der Waals surface area contributed by atoms with Crippen LogP contribution in [-0.2, 0) is 5.41 Å². The summed E-state index contributed by atoms with van der Waals surface area (Å²) in [5, 5.41) is 10.5. The third kappa shape index (κ3) is 7.32. The molecule has 5 rings (SSSR count). The number of nitriles is 1. The zero-order chi connectivity index (χ0) is 29.0. The number of likely N-dealkylation sites (tertiary alicyclic amines) is 1. The number of benzene rings is 3. The minimum absolute atomic E-state index is 0.367. The lowest BCUT2D eigenvalue weighted by Crippen LogP contribution is -2.33. The molecule has 2 aliphatic rings. The van der Waals surface area contributed by atoms with Crippen LogP contribution in [0, 0.1) is 11.3 Å². The molecule has 0 N–H and O–H groups in total. The standard InChI is InChI=1S/C40H48N2/c1-2-3-4-5-6-7-15-27-40(32-41,36-19-9-8-10-20-36)28-16-29-42-30-25-35(26-31-42)39-37-21-13-11-17-33(37)23-24-34-18-12-14-22-38(34)39/h8-14,17-24H,2-7,15-16,25-31H2,1H3. The monoisotopic (exact) mass is 556 g/mol. The van der Waals surface area contributed by atoms with E-state index >= 15 is 0 Å². The van der Waals surface area contributed by atoms with Crippen molar-refractivity contribution >= 4 is 17.7 Å². The largest absolute Gasteiger partial charge is 0.303 e. The van der Waals surface area contributed by atoms with Gasteiger partial charge in [-0.1, -0.05) is 148 Å². The summed E-state index contributed by atoms with van der Waals surface area (Å²) in [5.74, 6) is 0. The molecular weight excluding hydrogens is 508 g/mol. The maximum absolute atomic E-state index is 10.5. The fraction of sp³-hybridized carbons (Fsp3) is 0.425. The van der Waals surface area contributed by atoms with E-state index in [0.717, 1.165) is 58.2 Å². The average molecular weight is 557 g/mol. The maximum Gasteiger partial charge on any atom is 0.0822 e. The van der Waals surface area contributed by atoms with Crippen molar-refractivity contribution in [3.05, 3.63) is 112 Å². The second-order valence-electron chi connectivity index (χ2n) is 12.4. The lowest BCUT2D eigenvalue weighted by Gasteiger charge is -2.32. The molecule has 0 aromatic heterocycles. The highest BCUT2D eigenvalue weighted by Crippen LogP contribution is 2.39. The molecule has 0 spiro atoms. The molecule has 2 nitrogen and oxygen atoms in total. The Kier molecular flexibility index (Phi) is 10.9. The molecule has 1 aliphatic carbocycles. The Morgan fingerprint density at radius 2 is 1.21 bits per heavy atom. The van der Waals surface area contributed by atoms with Crippen LogP contribution in [0.2, 0.25) is 0 Å². The summed E-state index contributed by atoms with van der Waals surface area (Å²) in [5.41, 5.74) is 9.25. The van der Waals surface area contributed by atoms with E-state index in [9.17, 15) is 5.26 Å². The first kappa shape index (κ1) is 30.1. The molecule has 2 heteroatoms. The molecule has 1 fully saturated rings. The smallest absolute Gasteiger partial charge is 0.0822 e. The van der Waals surface area contributed by atoms with Crippen molar-refractivity contribution in [2.45, 2.75) is 89.4 Å². The van der Waals surface area contributed by atoms with Crippen LogP contribution >= 0.6 is 0 Å². The molecule has 1 aliphatic heterocycles. The van der Waals surface area contributed by atoms with Gasteiger partial charge in [-0.05, 0) is 72.0 Å². The van der Waals surface area contributed by atoms with Crippen molar-refractivity contribution in [3.63, 3.8) is 0 Å². The van der Waals surface area contributed by atoms with Crippen LogP contribution in [0.15, 0.2) is 84.4 Å². The van der Waals surface area contributed by atoms with E-state index < -0.39 is 0 Å². The number of unbranched alkanes of at least 4 members (excludes halogenated alkanes) is 6. The van der Waals surface area contributed by atoms with Gasteiger partial charge in [0.25, 0.3) is 0 Å². The quantitative estimate of drug-likeness (QED) is 0.153. The molecule has 0 bridgehead atoms. The zero-order valence-corrected chi connectivity index (χ0v) is 25.7. The number of piperidine rings is 1. The summed E-state index contributed by atoms with van der Waals surface area (Å²) in [7, 11) is 0. The predicted octanol–water partition coefficient (Wildman–Crippen LogP) is 10.5. The number of fused-ring (bicyclic) bond motifs is 2. The maximum atomic E-state index is 10.5. The van der Waals surface area contributed by atoms with Crippen LogP contribution in [0.5, 0.6) is 0 Å². The van der Waals surface area contributed by atoms with Crippen molar-refractivity contribution in [1.82, 2.24) is 4.90 Å². The van der Waals surface area contributed by atoms with Crippen molar-refractivity contribution in [2.75, 3.05) is 19.6 Å². The molecule has 42 heavy (non-hydrogen) atoms. The van der Waals surface area contributed by atoms with E-state index in [-0.39, 0.29) is 5.41 Å². The molecule has 1 heterocycles. The minimum Gasteiger partial charge on any atom is -0.303 e. The van der Waals surface area contributed by atoms with Crippen LogP contribution in [0.4, 0.5) is 0 Å². The van der Waals surface area contributed by atoms with Crippen LogP contribution in [-0.4, -0.2) is 24.5 Å². The highest BCUT2D eigenvalue weighted by atomic mass is 15.1. The number of rotatable bonds is 13. The van der Waals surface area contributed by atoms with E-state index in [0.29, 0.717) is 0 Å². The Balaban J connectivity index is 1.22. The van der Waals surface area contributed by atoms with E-state index in [2.05, 4.69) is 109 Å².